The number of aliphatic hydroxyl groups excluding tert-OH is 1. The van der Waals surface area contributed by atoms with E-state index in [1.807, 2.05) is 101 Å². The minimum absolute atomic E-state index is 0.00333. The van der Waals surface area contributed by atoms with Crippen LogP contribution >= 0.6 is 0 Å². The number of nitrogens with zero attached hydrogens (tertiary/aromatic N) is 2. The predicted molar refractivity (Wildman–Crippen MR) is 247 cm³/mol. The van der Waals surface area contributed by atoms with Crippen molar-refractivity contribution in [3.05, 3.63) is 131 Å². The van der Waals surface area contributed by atoms with E-state index in [0.717, 1.165) is 41.6 Å². The van der Waals surface area contributed by atoms with E-state index in [1.165, 1.54) is 0 Å². The summed E-state index contributed by atoms with van der Waals surface area (Å²) in [6, 6.07) is 26.2. The van der Waals surface area contributed by atoms with Crippen molar-refractivity contribution in [2.45, 2.75) is 116 Å². The molecule has 0 fully saturated rings. The summed E-state index contributed by atoms with van der Waals surface area (Å²) in [6.07, 6.45) is 8.92. The molecular weight excluding hydrogens is 863 g/mol. The summed E-state index contributed by atoms with van der Waals surface area (Å²) in [5, 5.41) is 42.3. The fourth-order valence-corrected chi connectivity index (χ4v) is 7.57. The molecule has 0 aromatic heterocycles. The first-order valence-electron chi connectivity index (χ1n) is 23.0. The number of ether oxygens (including phenoxy) is 3. The van der Waals surface area contributed by atoms with Crippen LogP contribution in [0.2, 0.25) is 0 Å². The van der Waals surface area contributed by atoms with Gasteiger partial charge in [0.05, 0.1) is 37.0 Å². The monoisotopic (exact) mass is 927 g/mol. The molecule has 1 amide bonds. The molecule has 3 aromatic carbocycles. The minimum Gasteiger partial charge on any atom is -0.481 e. The number of carbonyl (C=O) groups is 6. The average molecular weight is 928 g/mol. The Morgan fingerprint density at radius 1 is 0.493 bits per heavy atom. The van der Waals surface area contributed by atoms with Crippen molar-refractivity contribution < 1.29 is 63.4 Å². The lowest BCUT2D eigenvalue weighted by atomic mass is 9.97. The number of aliphatic carboxylic acids is 3. The van der Waals surface area contributed by atoms with E-state index >= 15 is 0 Å². The molecule has 67 heavy (non-hydrogen) atoms. The number of unbranched alkanes of at least 4 members (excludes halogenated alkanes) is 5. The largest absolute Gasteiger partial charge is 0.481 e. The third kappa shape index (κ3) is 20.6. The molecule has 5 N–H and O–H groups in total. The highest BCUT2D eigenvalue weighted by molar-refractivity contribution is 5.80. The Morgan fingerprint density at radius 3 is 1.37 bits per heavy atom. The van der Waals surface area contributed by atoms with Crippen molar-refractivity contribution in [1.82, 2.24) is 15.1 Å². The predicted octanol–water partition coefficient (Wildman–Crippen LogP) is 8.01. The molecular formula is C51H65N3O13. The highest BCUT2D eigenvalue weighted by Gasteiger charge is 2.25. The highest BCUT2D eigenvalue weighted by atomic mass is 16.6. The lowest BCUT2D eigenvalue weighted by Gasteiger charge is -2.35. The molecule has 362 valence electrons. The van der Waals surface area contributed by atoms with Gasteiger partial charge in [0, 0.05) is 31.2 Å². The molecule has 0 saturated carbocycles. The van der Waals surface area contributed by atoms with Gasteiger partial charge < -0.3 is 49.8 Å². The third-order valence-electron chi connectivity index (χ3n) is 11.4. The van der Waals surface area contributed by atoms with Crippen molar-refractivity contribution >= 4 is 35.9 Å². The zero-order valence-corrected chi connectivity index (χ0v) is 38.0. The van der Waals surface area contributed by atoms with E-state index in [2.05, 4.69) is 5.32 Å². The molecule has 0 radical (unpaired) electrons. The number of benzene rings is 3. The molecule has 16 heteroatoms. The second kappa shape index (κ2) is 29.8. The fraction of sp³-hybridized carbons (Fsp3) is 0.451. The molecule has 0 unspecified atom stereocenters. The number of hydrogen-bond acceptors (Lipinski definition) is 12. The molecule has 4 rings (SSSR count). The summed E-state index contributed by atoms with van der Waals surface area (Å²) < 4.78 is 15.8. The van der Waals surface area contributed by atoms with E-state index in [4.69, 9.17) is 14.2 Å². The number of allylic oxidation sites excluding steroid dienone is 1. The van der Waals surface area contributed by atoms with E-state index < -0.39 is 53.8 Å². The Morgan fingerprint density at radius 2 is 0.910 bits per heavy atom. The number of nitrogens with one attached hydrogen (secondary N) is 1. The van der Waals surface area contributed by atoms with E-state index in [1.54, 1.807) is 12.1 Å². The van der Waals surface area contributed by atoms with Gasteiger partial charge in [-0.15, -0.1) is 0 Å². The van der Waals surface area contributed by atoms with Gasteiger partial charge in [0.1, 0.15) is 25.9 Å². The summed E-state index contributed by atoms with van der Waals surface area (Å²) in [6.45, 7) is 0.848. The number of carbonyl (C=O) groups excluding carboxylic acids is 3. The maximum Gasteiger partial charge on any atom is 0.408 e. The van der Waals surface area contributed by atoms with Crippen molar-refractivity contribution in [3.63, 3.8) is 0 Å². The summed E-state index contributed by atoms with van der Waals surface area (Å²) in [4.78, 5) is 77.4. The number of amides is 1. The van der Waals surface area contributed by atoms with Gasteiger partial charge in [0.2, 0.25) is 0 Å². The van der Waals surface area contributed by atoms with Gasteiger partial charge in [-0.25, -0.2) is 9.59 Å². The van der Waals surface area contributed by atoms with E-state index in [9.17, 15) is 49.2 Å². The minimum atomic E-state index is -1.18. The molecule has 3 atom stereocenters. The molecule has 1 aliphatic rings. The maximum absolute atomic E-state index is 12.5. The summed E-state index contributed by atoms with van der Waals surface area (Å²) >= 11 is 0. The first-order chi connectivity index (χ1) is 32.4. The van der Waals surface area contributed by atoms with Crippen LogP contribution in [-0.4, -0.2) is 91.9 Å². The molecule has 0 saturated heterocycles. The smallest absolute Gasteiger partial charge is 0.408 e. The van der Waals surface area contributed by atoms with Crippen LogP contribution in [0, 0.1) is 11.8 Å². The van der Waals surface area contributed by atoms with Crippen LogP contribution in [0.1, 0.15) is 107 Å². The van der Waals surface area contributed by atoms with Gasteiger partial charge in [0.15, 0.2) is 0 Å². The topological polar surface area (TPSA) is 230 Å². The number of aliphatic hydroxyl groups is 1. The van der Waals surface area contributed by atoms with E-state index in [0.29, 0.717) is 63.7 Å². The van der Waals surface area contributed by atoms with E-state index in [-0.39, 0.29) is 52.1 Å². The fourth-order valence-electron chi connectivity index (χ4n) is 7.57. The normalized spacial score (nSPS) is 13.6. The van der Waals surface area contributed by atoms with Gasteiger partial charge in [-0.05, 0) is 68.1 Å². The number of esters is 2. The number of carboxylic acids is 3. The molecule has 0 bridgehead atoms. The van der Waals surface area contributed by atoms with Crippen LogP contribution in [-0.2, 0) is 58.0 Å². The molecule has 3 aromatic rings. The second-order valence-corrected chi connectivity index (χ2v) is 16.6. The van der Waals surface area contributed by atoms with Crippen molar-refractivity contribution in [2.24, 2.45) is 11.8 Å². The summed E-state index contributed by atoms with van der Waals surface area (Å²) in [5.41, 5.74) is 3.96. The SMILES string of the molecule is O=C(C[C@@H](CCCCCCC1=CN(CCCC[C@H](CC(=O)OCc2ccccc2)C(=O)O)C(CO)=CN1CCCC[C@H](NC(=O)OCc1ccccc1)C(=O)O)C(=O)O)OCc1ccccc1. The number of rotatable bonds is 32. The van der Waals surface area contributed by atoms with Gasteiger partial charge in [-0.2, -0.15) is 0 Å². The van der Waals surface area contributed by atoms with Crippen LogP contribution in [0.15, 0.2) is 115 Å². The Labute approximate surface area is 392 Å². The van der Waals surface area contributed by atoms with Crippen LogP contribution in [0.3, 0.4) is 0 Å². The zero-order chi connectivity index (χ0) is 48.2. The first-order valence-corrected chi connectivity index (χ1v) is 23.0. The molecule has 1 aliphatic heterocycles. The lowest BCUT2D eigenvalue weighted by Crippen LogP contribution is -2.41. The molecule has 1 heterocycles. The Hall–Kier alpha value is -6.68. The standard InChI is InChI=1S/C51H65N3O13/c55-34-44-33-53(28-17-15-27-45(50(62)63)52-51(64)67-37-40-22-10-5-11-23-40)43(26-13-2-1-12-24-41(48(58)59)30-46(56)65-35-38-18-6-3-7-19-38)32-54(44)29-16-14-25-42(49(60)61)31-47(57)66-36-39-20-8-4-9-21-39/h3-11,18-23,32-33,41-42,45,55H,1-2,12-17,24-31,34-37H2,(H,52,64)(H,58,59)(H,60,61)(H,62,63)/t41-,42-,45+/m1/s1. The Bertz CT molecular complexity index is 2060. The van der Waals surface area contributed by atoms with Crippen LogP contribution in [0.4, 0.5) is 4.79 Å². The molecule has 0 spiro atoms. The third-order valence-corrected chi connectivity index (χ3v) is 11.4. The average Bonchev–Trinajstić information content (AvgIpc) is 3.33. The van der Waals surface area contributed by atoms with Crippen LogP contribution in [0.5, 0.6) is 0 Å². The first kappa shape index (κ1) is 52.9. The van der Waals surface area contributed by atoms with Gasteiger partial charge in [0.25, 0.3) is 0 Å². The number of carboxylic acid groups (broad SMARTS) is 3. The summed E-state index contributed by atoms with van der Waals surface area (Å²) in [5.74, 6) is -6.19. The van der Waals surface area contributed by atoms with Crippen LogP contribution in [0.25, 0.3) is 0 Å². The van der Waals surface area contributed by atoms with Crippen molar-refractivity contribution in [3.8, 4) is 0 Å². The number of alkyl carbamates (subject to hydrolysis) is 1. The Balaban J connectivity index is 1.30. The highest BCUT2D eigenvalue weighted by Crippen LogP contribution is 2.26. The Kier molecular flexibility index (Phi) is 23.5. The quantitative estimate of drug-likeness (QED) is 0.0227. The maximum atomic E-state index is 12.5. The van der Waals surface area contributed by atoms with Crippen LogP contribution < -0.4 is 5.32 Å². The van der Waals surface area contributed by atoms with Crippen molar-refractivity contribution in [2.75, 3.05) is 19.7 Å². The molecule has 16 nitrogen and oxygen atoms in total. The zero-order valence-electron chi connectivity index (χ0n) is 38.0. The number of hydrogen-bond donors (Lipinski definition) is 5. The lowest BCUT2D eigenvalue weighted by molar-refractivity contribution is -0.152. The second-order valence-electron chi connectivity index (χ2n) is 16.6. The van der Waals surface area contributed by atoms with Crippen molar-refractivity contribution in [1.29, 1.82) is 0 Å². The van der Waals surface area contributed by atoms with Gasteiger partial charge in [-0.3, -0.25) is 19.2 Å². The summed E-state index contributed by atoms with van der Waals surface area (Å²) in [7, 11) is 0. The molecule has 0 aliphatic carbocycles. The van der Waals surface area contributed by atoms with Gasteiger partial charge in [-0.1, -0.05) is 117 Å². The van der Waals surface area contributed by atoms with Gasteiger partial charge >= 0.3 is 35.9 Å².